The van der Waals surface area contributed by atoms with Crippen LogP contribution in [0.2, 0.25) is 5.02 Å². The lowest BCUT2D eigenvalue weighted by molar-refractivity contribution is -0.126. The highest BCUT2D eigenvalue weighted by Crippen LogP contribution is 2.40. The summed E-state index contributed by atoms with van der Waals surface area (Å²) >= 11 is 6.18. The van der Waals surface area contributed by atoms with Crippen molar-refractivity contribution >= 4 is 23.6 Å². The van der Waals surface area contributed by atoms with Crippen LogP contribution in [0.5, 0.6) is 11.5 Å². The molecule has 1 amide bonds. The maximum atomic E-state index is 12.7. The second-order valence-corrected chi connectivity index (χ2v) is 6.72. The number of fused-ring (bicyclic) bond motifs is 1. The predicted molar refractivity (Wildman–Crippen MR) is 104 cm³/mol. The van der Waals surface area contributed by atoms with Crippen LogP contribution < -0.4 is 9.47 Å². The summed E-state index contributed by atoms with van der Waals surface area (Å²) in [4.78, 5) is 14.3. The van der Waals surface area contributed by atoms with Crippen molar-refractivity contribution in [1.29, 1.82) is 0 Å². The number of ether oxygens (including phenoxy) is 2. The maximum absolute atomic E-state index is 12.7. The van der Waals surface area contributed by atoms with Gasteiger partial charge < -0.3 is 23.2 Å². The minimum Gasteiger partial charge on any atom is -0.459 e. The summed E-state index contributed by atoms with van der Waals surface area (Å²) in [7, 11) is 0. The fraction of sp³-hybridized carbons (Fsp3) is 0.250. The van der Waals surface area contributed by atoms with Gasteiger partial charge in [0, 0.05) is 12.6 Å². The predicted octanol–water partition coefficient (Wildman–Crippen LogP) is 4.16. The van der Waals surface area contributed by atoms with Crippen LogP contribution in [0.4, 0.5) is 0 Å². The molecule has 4 rings (SSSR count). The third-order valence-corrected chi connectivity index (χ3v) is 4.48. The SMILES string of the molecule is CCCN(Cc1nnc(-c2ccco2)o1)C(=O)/C=C/c1cc(Cl)c2c(c1)OCO2. The molecule has 150 valence electrons. The minimum atomic E-state index is -0.182. The van der Waals surface area contributed by atoms with Crippen LogP contribution in [0.15, 0.2) is 45.4 Å². The summed E-state index contributed by atoms with van der Waals surface area (Å²) in [5.74, 6) is 1.99. The number of amides is 1. The number of halogens is 1. The zero-order chi connectivity index (χ0) is 20.2. The van der Waals surface area contributed by atoms with Gasteiger partial charge >= 0.3 is 0 Å². The minimum absolute atomic E-state index is 0.135. The average molecular weight is 416 g/mol. The van der Waals surface area contributed by atoms with Crippen LogP contribution in [0, 0.1) is 0 Å². The molecule has 0 atom stereocenters. The smallest absolute Gasteiger partial charge is 0.283 e. The summed E-state index contributed by atoms with van der Waals surface area (Å²) in [5, 5.41) is 8.40. The van der Waals surface area contributed by atoms with Gasteiger partial charge in [-0.05, 0) is 42.3 Å². The third-order valence-electron chi connectivity index (χ3n) is 4.20. The van der Waals surface area contributed by atoms with Gasteiger partial charge in [-0.1, -0.05) is 18.5 Å². The molecule has 0 saturated heterocycles. The quantitative estimate of drug-likeness (QED) is 0.535. The fourth-order valence-electron chi connectivity index (χ4n) is 2.87. The number of carbonyl (C=O) groups excluding carboxylic acids is 1. The largest absolute Gasteiger partial charge is 0.459 e. The van der Waals surface area contributed by atoms with Crippen molar-refractivity contribution in [2.75, 3.05) is 13.3 Å². The van der Waals surface area contributed by atoms with E-state index in [-0.39, 0.29) is 25.1 Å². The Hall–Kier alpha value is -3.26. The standard InChI is InChI=1S/C20H18ClN3O5/c1-2-7-24(11-17-22-23-20(29-17)15-4-3-8-26-15)18(25)6-5-13-9-14(21)19-16(10-13)27-12-28-19/h3-6,8-10H,2,7,11-12H2,1H3/b6-5+. The Kier molecular flexibility index (Phi) is 5.53. The monoisotopic (exact) mass is 415 g/mol. The molecule has 8 nitrogen and oxygen atoms in total. The van der Waals surface area contributed by atoms with E-state index in [0.29, 0.717) is 34.7 Å². The molecule has 1 aliphatic heterocycles. The van der Waals surface area contributed by atoms with E-state index in [9.17, 15) is 4.79 Å². The molecular weight excluding hydrogens is 398 g/mol. The van der Waals surface area contributed by atoms with Crippen molar-refractivity contribution in [3.05, 3.63) is 53.1 Å². The first-order valence-corrected chi connectivity index (χ1v) is 9.44. The Morgan fingerprint density at radius 3 is 3.00 bits per heavy atom. The molecule has 29 heavy (non-hydrogen) atoms. The van der Waals surface area contributed by atoms with Crippen molar-refractivity contribution in [3.8, 4) is 23.1 Å². The van der Waals surface area contributed by atoms with E-state index in [1.807, 2.05) is 6.92 Å². The van der Waals surface area contributed by atoms with Gasteiger partial charge in [0.2, 0.25) is 18.6 Å². The molecule has 0 fully saturated rings. The Labute approximate surface area is 171 Å². The molecule has 0 N–H and O–H groups in total. The van der Waals surface area contributed by atoms with Crippen LogP contribution in [-0.4, -0.2) is 34.3 Å². The second-order valence-electron chi connectivity index (χ2n) is 6.31. The first-order chi connectivity index (χ1) is 14.1. The molecule has 3 heterocycles. The van der Waals surface area contributed by atoms with Gasteiger partial charge in [-0.15, -0.1) is 10.2 Å². The van der Waals surface area contributed by atoms with Gasteiger partial charge in [0.05, 0.1) is 17.8 Å². The van der Waals surface area contributed by atoms with E-state index in [0.717, 1.165) is 12.0 Å². The number of aromatic nitrogens is 2. The molecule has 1 aliphatic rings. The van der Waals surface area contributed by atoms with Gasteiger partial charge in [-0.25, -0.2) is 0 Å². The molecule has 2 aromatic heterocycles. The van der Waals surface area contributed by atoms with E-state index in [1.165, 1.54) is 12.3 Å². The maximum Gasteiger partial charge on any atom is 0.283 e. The Morgan fingerprint density at radius 2 is 2.21 bits per heavy atom. The Bertz CT molecular complexity index is 1030. The summed E-state index contributed by atoms with van der Waals surface area (Å²) in [6.45, 7) is 2.87. The molecule has 0 bridgehead atoms. The van der Waals surface area contributed by atoms with Crippen LogP contribution in [0.1, 0.15) is 24.8 Å². The van der Waals surface area contributed by atoms with E-state index in [4.69, 9.17) is 29.9 Å². The lowest BCUT2D eigenvalue weighted by Crippen LogP contribution is -2.29. The van der Waals surface area contributed by atoms with Gasteiger partial charge in [0.25, 0.3) is 5.89 Å². The van der Waals surface area contributed by atoms with Crippen molar-refractivity contribution in [3.63, 3.8) is 0 Å². The van der Waals surface area contributed by atoms with Gasteiger partial charge in [-0.3, -0.25) is 4.79 Å². The number of rotatable bonds is 7. The average Bonchev–Trinajstić information content (AvgIpc) is 3.46. The second kappa shape index (κ2) is 8.40. The van der Waals surface area contributed by atoms with Crippen molar-refractivity contribution < 1.29 is 23.1 Å². The number of carbonyl (C=O) groups is 1. The van der Waals surface area contributed by atoms with Gasteiger partial charge in [0.1, 0.15) is 0 Å². The van der Waals surface area contributed by atoms with E-state index in [2.05, 4.69) is 10.2 Å². The van der Waals surface area contributed by atoms with Crippen LogP contribution in [0.25, 0.3) is 17.7 Å². The topological polar surface area (TPSA) is 90.8 Å². The number of nitrogens with zero attached hydrogens (tertiary/aromatic N) is 3. The molecule has 0 unspecified atom stereocenters. The van der Waals surface area contributed by atoms with E-state index >= 15 is 0 Å². The molecule has 0 aliphatic carbocycles. The third kappa shape index (κ3) is 4.27. The van der Waals surface area contributed by atoms with Crippen LogP contribution in [0.3, 0.4) is 0 Å². The number of furan rings is 1. The molecular formula is C20H18ClN3O5. The van der Waals surface area contributed by atoms with Crippen molar-refractivity contribution in [2.24, 2.45) is 0 Å². The van der Waals surface area contributed by atoms with Gasteiger partial charge in [0.15, 0.2) is 17.3 Å². The first kappa shape index (κ1) is 19.1. The fourth-order valence-corrected chi connectivity index (χ4v) is 3.15. The Morgan fingerprint density at radius 1 is 1.31 bits per heavy atom. The zero-order valence-corrected chi connectivity index (χ0v) is 16.4. The highest BCUT2D eigenvalue weighted by Gasteiger charge is 2.19. The lowest BCUT2D eigenvalue weighted by atomic mass is 10.2. The lowest BCUT2D eigenvalue weighted by Gasteiger charge is -2.18. The molecule has 0 radical (unpaired) electrons. The zero-order valence-electron chi connectivity index (χ0n) is 15.6. The van der Waals surface area contributed by atoms with Crippen molar-refractivity contribution in [1.82, 2.24) is 15.1 Å². The van der Waals surface area contributed by atoms with E-state index in [1.54, 1.807) is 35.2 Å². The van der Waals surface area contributed by atoms with E-state index < -0.39 is 0 Å². The van der Waals surface area contributed by atoms with Gasteiger partial charge in [-0.2, -0.15) is 0 Å². The normalized spacial score (nSPS) is 12.6. The molecule has 3 aromatic rings. The summed E-state index contributed by atoms with van der Waals surface area (Å²) in [6, 6.07) is 6.96. The molecule has 0 saturated carbocycles. The Balaban J connectivity index is 1.46. The summed E-state index contributed by atoms with van der Waals surface area (Å²) in [6.07, 6.45) is 5.47. The highest BCUT2D eigenvalue weighted by atomic mass is 35.5. The number of hydrogen-bond donors (Lipinski definition) is 0. The first-order valence-electron chi connectivity index (χ1n) is 9.06. The number of hydrogen-bond acceptors (Lipinski definition) is 7. The van der Waals surface area contributed by atoms with Crippen molar-refractivity contribution in [2.45, 2.75) is 19.9 Å². The molecule has 9 heteroatoms. The highest BCUT2D eigenvalue weighted by molar-refractivity contribution is 6.32. The summed E-state index contributed by atoms with van der Waals surface area (Å²) in [5.41, 5.74) is 0.738. The molecule has 0 spiro atoms. The molecule has 1 aromatic carbocycles. The summed E-state index contributed by atoms with van der Waals surface area (Å²) < 4.78 is 21.5. The van der Waals surface area contributed by atoms with Crippen LogP contribution in [-0.2, 0) is 11.3 Å². The number of benzene rings is 1. The van der Waals surface area contributed by atoms with Crippen LogP contribution >= 0.6 is 11.6 Å².